The number of aryl methyl sites for hydroxylation is 3. The summed E-state index contributed by atoms with van der Waals surface area (Å²) in [6, 6.07) is 1.63. The monoisotopic (exact) mass is 328 g/mol. The molecule has 8 heteroatoms. The van der Waals surface area contributed by atoms with Crippen LogP contribution in [0.1, 0.15) is 24.7 Å². The normalized spacial score (nSPS) is 11.6. The smallest absolute Gasteiger partial charge is 0.281 e. The van der Waals surface area contributed by atoms with Crippen molar-refractivity contribution < 1.29 is 8.42 Å². The first-order chi connectivity index (χ1) is 9.83. The van der Waals surface area contributed by atoms with Crippen LogP contribution >= 0.6 is 11.6 Å². The summed E-state index contributed by atoms with van der Waals surface area (Å²) >= 11 is 5.91. The van der Waals surface area contributed by atoms with E-state index in [2.05, 4.69) is 14.7 Å². The molecule has 0 aromatic carbocycles. The zero-order valence-electron chi connectivity index (χ0n) is 12.1. The van der Waals surface area contributed by atoms with Crippen LogP contribution in [-0.2, 0) is 16.6 Å². The summed E-state index contributed by atoms with van der Waals surface area (Å²) in [7, 11) is -3.78. The first kappa shape index (κ1) is 15.8. The van der Waals surface area contributed by atoms with Crippen LogP contribution in [0.15, 0.2) is 23.5 Å². The van der Waals surface area contributed by atoms with Crippen LogP contribution in [-0.4, -0.2) is 23.0 Å². The van der Waals surface area contributed by atoms with E-state index in [1.54, 1.807) is 26.1 Å². The number of rotatable bonds is 5. The Hall–Kier alpha value is -1.60. The molecule has 0 saturated heterocycles. The third-order valence-electron chi connectivity index (χ3n) is 2.91. The van der Waals surface area contributed by atoms with Gasteiger partial charge in [0.2, 0.25) is 0 Å². The Morgan fingerprint density at radius 2 is 2.10 bits per heavy atom. The van der Waals surface area contributed by atoms with Gasteiger partial charge in [0.25, 0.3) is 10.0 Å². The quantitative estimate of drug-likeness (QED) is 0.856. The summed E-state index contributed by atoms with van der Waals surface area (Å²) in [5, 5.41) is 0.0833. The van der Waals surface area contributed by atoms with Gasteiger partial charge < -0.3 is 4.57 Å². The van der Waals surface area contributed by atoms with E-state index >= 15 is 0 Å². The summed E-state index contributed by atoms with van der Waals surface area (Å²) < 4.78 is 29.0. The maximum atomic E-state index is 12.4. The molecule has 6 nitrogen and oxygen atoms in total. The van der Waals surface area contributed by atoms with Crippen LogP contribution in [0.25, 0.3) is 0 Å². The maximum Gasteiger partial charge on any atom is 0.281 e. The average molecular weight is 329 g/mol. The zero-order valence-corrected chi connectivity index (χ0v) is 13.7. The molecular weight excluding hydrogens is 312 g/mol. The van der Waals surface area contributed by atoms with Crippen LogP contribution in [0.2, 0.25) is 5.15 Å². The molecule has 2 aromatic heterocycles. The van der Waals surface area contributed by atoms with E-state index in [4.69, 9.17) is 11.6 Å². The predicted octanol–water partition coefficient (Wildman–Crippen LogP) is 2.76. The van der Waals surface area contributed by atoms with E-state index in [0.717, 1.165) is 18.5 Å². The van der Waals surface area contributed by atoms with Crippen LogP contribution in [0.5, 0.6) is 0 Å². The van der Waals surface area contributed by atoms with Crippen molar-refractivity contribution in [2.24, 2.45) is 0 Å². The molecule has 0 atom stereocenters. The van der Waals surface area contributed by atoms with Gasteiger partial charge in [0.05, 0.1) is 5.69 Å². The topological polar surface area (TPSA) is 76.9 Å². The maximum absolute atomic E-state index is 12.4. The van der Waals surface area contributed by atoms with Crippen molar-refractivity contribution in [1.82, 2.24) is 14.5 Å². The molecule has 114 valence electrons. The SMILES string of the molecule is CCCn1cc(S(=O)(=O)Nc2cc(C)cnc2Cl)nc1C. The molecule has 21 heavy (non-hydrogen) atoms. The Morgan fingerprint density at radius 3 is 2.76 bits per heavy atom. The molecule has 0 radical (unpaired) electrons. The van der Waals surface area contributed by atoms with Gasteiger partial charge >= 0.3 is 0 Å². The minimum absolute atomic E-state index is 0.0222. The predicted molar refractivity (Wildman–Crippen MR) is 82.0 cm³/mol. The van der Waals surface area contributed by atoms with Crippen molar-refractivity contribution >= 4 is 27.3 Å². The lowest BCUT2D eigenvalue weighted by atomic mass is 10.3. The van der Waals surface area contributed by atoms with Crippen molar-refractivity contribution in [1.29, 1.82) is 0 Å². The van der Waals surface area contributed by atoms with E-state index in [1.807, 2.05) is 11.5 Å². The zero-order chi connectivity index (χ0) is 15.6. The number of sulfonamides is 1. The molecule has 0 aliphatic heterocycles. The fraction of sp³-hybridized carbons (Fsp3) is 0.385. The molecule has 2 aromatic rings. The second kappa shape index (κ2) is 6.03. The Kier molecular flexibility index (Phi) is 4.53. The lowest BCUT2D eigenvalue weighted by Gasteiger charge is -2.07. The van der Waals surface area contributed by atoms with E-state index in [0.29, 0.717) is 5.82 Å². The molecule has 2 heterocycles. The largest absolute Gasteiger partial charge is 0.334 e. The van der Waals surface area contributed by atoms with E-state index in [1.165, 1.54) is 6.20 Å². The van der Waals surface area contributed by atoms with Gasteiger partial charge in [0.1, 0.15) is 5.82 Å². The minimum Gasteiger partial charge on any atom is -0.334 e. The molecule has 2 rings (SSSR count). The molecule has 0 aliphatic rings. The highest BCUT2D eigenvalue weighted by atomic mass is 35.5. The third-order valence-corrected chi connectivity index (χ3v) is 4.45. The lowest BCUT2D eigenvalue weighted by Crippen LogP contribution is -2.14. The summed E-state index contributed by atoms with van der Waals surface area (Å²) in [4.78, 5) is 8.02. The van der Waals surface area contributed by atoms with Crippen molar-refractivity contribution in [3.8, 4) is 0 Å². The number of aromatic nitrogens is 3. The van der Waals surface area contributed by atoms with Crippen molar-refractivity contribution in [2.75, 3.05) is 4.72 Å². The number of hydrogen-bond acceptors (Lipinski definition) is 4. The van der Waals surface area contributed by atoms with Crippen molar-refractivity contribution in [3.05, 3.63) is 35.0 Å². The van der Waals surface area contributed by atoms with Crippen molar-refractivity contribution in [3.63, 3.8) is 0 Å². The number of anilines is 1. The number of imidazole rings is 1. The number of hydrogen-bond donors (Lipinski definition) is 1. The number of nitrogens with zero attached hydrogens (tertiary/aromatic N) is 3. The molecule has 1 N–H and O–H groups in total. The van der Waals surface area contributed by atoms with E-state index in [9.17, 15) is 8.42 Å². The van der Waals surface area contributed by atoms with Gasteiger partial charge in [-0.15, -0.1) is 0 Å². The molecule has 0 fully saturated rings. The molecule has 0 amide bonds. The van der Waals surface area contributed by atoms with Gasteiger partial charge in [-0.05, 0) is 31.9 Å². The Bertz CT molecular complexity index is 756. The highest BCUT2D eigenvalue weighted by Gasteiger charge is 2.20. The highest BCUT2D eigenvalue weighted by molar-refractivity contribution is 7.92. The van der Waals surface area contributed by atoms with Gasteiger partial charge in [-0.25, -0.2) is 9.97 Å². The lowest BCUT2D eigenvalue weighted by molar-refractivity contribution is 0.597. The number of pyridine rings is 1. The summed E-state index contributed by atoms with van der Waals surface area (Å²) in [6.07, 6.45) is 4.00. The van der Waals surface area contributed by atoms with Crippen LogP contribution in [0.3, 0.4) is 0 Å². The Morgan fingerprint density at radius 1 is 1.38 bits per heavy atom. The minimum atomic E-state index is -3.78. The summed E-state index contributed by atoms with van der Waals surface area (Å²) in [5.74, 6) is 0.658. The first-order valence-corrected chi connectivity index (χ1v) is 8.38. The van der Waals surface area contributed by atoms with Crippen LogP contribution < -0.4 is 4.72 Å². The molecule has 0 saturated carbocycles. The van der Waals surface area contributed by atoms with Gasteiger partial charge in [-0.1, -0.05) is 18.5 Å². The summed E-state index contributed by atoms with van der Waals surface area (Å²) in [5.41, 5.74) is 1.06. The second-order valence-electron chi connectivity index (χ2n) is 4.78. The third kappa shape index (κ3) is 3.54. The molecule has 0 unspecified atom stereocenters. The Labute approximate surface area is 129 Å². The highest BCUT2D eigenvalue weighted by Crippen LogP contribution is 2.23. The number of halogens is 1. The molecular formula is C13H17ClN4O2S. The van der Waals surface area contributed by atoms with E-state index < -0.39 is 10.0 Å². The van der Waals surface area contributed by atoms with Gasteiger partial charge in [0.15, 0.2) is 10.2 Å². The fourth-order valence-corrected chi connectivity index (χ4v) is 3.17. The van der Waals surface area contributed by atoms with Gasteiger partial charge in [0, 0.05) is 18.9 Å². The van der Waals surface area contributed by atoms with Crippen LogP contribution in [0.4, 0.5) is 5.69 Å². The van der Waals surface area contributed by atoms with E-state index in [-0.39, 0.29) is 15.9 Å². The second-order valence-corrected chi connectivity index (χ2v) is 6.76. The number of nitrogens with one attached hydrogen (secondary N) is 1. The van der Waals surface area contributed by atoms with Crippen LogP contribution in [0, 0.1) is 13.8 Å². The molecule has 0 bridgehead atoms. The van der Waals surface area contributed by atoms with Gasteiger partial charge in [-0.2, -0.15) is 8.42 Å². The summed E-state index contributed by atoms with van der Waals surface area (Å²) in [6.45, 7) is 6.32. The standard InChI is InChI=1S/C13H17ClN4O2S/c1-4-5-18-8-12(16-10(18)3)21(19,20)17-11-6-9(2)7-15-13(11)14/h6-8,17H,4-5H2,1-3H3. The fourth-order valence-electron chi connectivity index (χ4n) is 1.90. The molecule has 0 spiro atoms. The van der Waals surface area contributed by atoms with Gasteiger partial charge in [-0.3, -0.25) is 4.72 Å². The Balaban J connectivity index is 2.34. The molecule has 0 aliphatic carbocycles. The van der Waals surface area contributed by atoms with Crippen molar-refractivity contribution in [2.45, 2.75) is 38.8 Å². The first-order valence-electron chi connectivity index (χ1n) is 6.52. The average Bonchev–Trinajstić information content (AvgIpc) is 2.77.